The molecule has 12 heavy (non-hydrogen) atoms. The molecular formula is C6H15AlKO4. The summed E-state index contributed by atoms with van der Waals surface area (Å²) in [6.07, 6.45) is 0. The van der Waals surface area contributed by atoms with E-state index in [0.717, 1.165) is 0 Å². The van der Waals surface area contributed by atoms with Crippen molar-refractivity contribution in [1.29, 1.82) is 0 Å². The molecule has 0 rings (SSSR count). The molecule has 0 heterocycles. The van der Waals surface area contributed by atoms with E-state index < -0.39 is 15.9 Å². The molecule has 0 aliphatic heterocycles. The van der Waals surface area contributed by atoms with E-state index in [1.54, 1.807) is 14.2 Å². The summed E-state index contributed by atoms with van der Waals surface area (Å²) in [6, 6.07) is 0. The van der Waals surface area contributed by atoms with Crippen LogP contribution in [0.25, 0.3) is 0 Å². The van der Waals surface area contributed by atoms with Crippen LogP contribution in [-0.4, -0.2) is 108 Å². The summed E-state index contributed by atoms with van der Waals surface area (Å²) in [4.78, 5) is 0. The number of methoxy groups -OCH3 is 2. The fourth-order valence-corrected chi connectivity index (χ4v) is 1.05. The largest absolute Gasteiger partial charge is 0.649 e. The van der Waals surface area contributed by atoms with Crippen LogP contribution < -0.4 is 0 Å². The Balaban J connectivity index is 0. The third-order valence-electron chi connectivity index (χ3n) is 1.03. The van der Waals surface area contributed by atoms with Crippen LogP contribution in [0.5, 0.6) is 0 Å². The van der Waals surface area contributed by atoms with E-state index in [9.17, 15) is 0 Å². The van der Waals surface area contributed by atoms with Crippen LogP contribution in [0.1, 0.15) is 0 Å². The maximum atomic E-state index is 5.16. The van der Waals surface area contributed by atoms with E-state index in [4.69, 9.17) is 17.1 Å². The quantitative estimate of drug-likeness (QED) is 0.394. The maximum absolute atomic E-state index is 5.16. The molecule has 0 aliphatic rings. The van der Waals surface area contributed by atoms with Gasteiger partial charge < -0.3 is 17.1 Å². The summed E-state index contributed by atoms with van der Waals surface area (Å²) in [6.45, 7) is 2.55. The van der Waals surface area contributed by atoms with Gasteiger partial charge in [-0.15, -0.1) is 0 Å². The minimum atomic E-state index is -0.789. The van der Waals surface area contributed by atoms with Crippen molar-refractivity contribution in [2.24, 2.45) is 0 Å². The van der Waals surface area contributed by atoms with Gasteiger partial charge >= 0.3 is 15.9 Å². The van der Waals surface area contributed by atoms with Crippen LogP contribution in [0, 0.1) is 0 Å². The Bertz CT molecular complexity index is 68.6. The van der Waals surface area contributed by atoms with Gasteiger partial charge in [0.1, 0.15) is 0 Å². The first-order chi connectivity index (χ1) is 5.41. The van der Waals surface area contributed by atoms with E-state index in [2.05, 4.69) is 0 Å². The van der Waals surface area contributed by atoms with Gasteiger partial charge in [-0.05, 0) is 0 Å². The van der Waals surface area contributed by atoms with Gasteiger partial charge in [0.15, 0.2) is 0 Å². The van der Waals surface area contributed by atoms with Crippen molar-refractivity contribution in [1.82, 2.24) is 0 Å². The molecule has 6 heteroatoms. The molecule has 0 bridgehead atoms. The summed E-state index contributed by atoms with van der Waals surface area (Å²) in [5.74, 6) is 0. The second kappa shape index (κ2) is 15.5. The zero-order valence-corrected chi connectivity index (χ0v) is 12.7. The summed E-state index contributed by atoms with van der Waals surface area (Å²) < 4.78 is 19.9. The smallest absolute Gasteiger partial charge is 0.479 e. The minimum Gasteiger partial charge on any atom is -0.479 e. The average molecular weight is 217 g/mol. The second-order valence-electron chi connectivity index (χ2n) is 1.92. The monoisotopic (exact) mass is 217 g/mol. The Hall–Kier alpha value is 2.01. The third kappa shape index (κ3) is 14.5. The molecule has 0 atom stereocenters. The van der Waals surface area contributed by atoms with Gasteiger partial charge in [0.05, 0.1) is 13.2 Å². The van der Waals surface area contributed by atoms with Gasteiger partial charge in [-0.3, -0.25) is 0 Å². The molecule has 67 valence electrons. The number of ether oxygens (including phenoxy) is 2. The van der Waals surface area contributed by atoms with Crippen molar-refractivity contribution < 1.29 is 17.1 Å². The predicted molar refractivity (Wildman–Crippen MR) is 48.6 cm³/mol. The van der Waals surface area contributed by atoms with Crippen molar-refractivity contribution in [3.8, 4) is 0 Å². The second-order valence-corrected chi connectivity index (χ2v) is 2.97. The molecular weight excluding hydrogens is 202 g/mol. The van der Waals surface area contributed by atoms with Gasteiger partial charge in [-0.2, -0.15) is 0 Å². The van der Waals surface area contributed by atoms with Crippen LogP contribution in [0.3, 0.4) is 0 Å². The Morgan fingerprint density at radius 3 is 1.58 bits per heavy atom. The van der Waals surface area contributed by atoms with Crippen LogP contribution in [0.4, 0.5) is 0 Å². The molecule has 0 spiro atoms. The van der Waals surface area contributed by atoms with Crippen molar-refractivity contribution >= 4 is 67.3 Å². The van der Waals surface area contributed by atoms with Crippen LogP contribution in [-0.2, 0) is 17.1 Å². The van der Waals surface area contributed by atoms with Crippen LogP contribution in [0.15, 0.2) is 0 Å². The molecule has 0 N–H and O–H groups in total. The molecule has 0 unspecified atom stereocenters. The summed E-state index contributed by atoms with van der Waals surface area (Å²) in [5, 5.41) is 0. The van der Waals surface area contributed by atoms with Gasteiger partial charge in [0.25, 0.3) is 0 Å². The average Bonchev–Trinajstić information content (AvgIpc) is 2.03. The zero-order valence-electron chi connectivity index (χ0n) is 8.17. The molecule has 0 aromatic carbocycles. The number of hydrogen-bond acceptors (Lipinski definition) is 4. The normalized spacial score (nSPS) is 9.17. The molecule has 4 nitrogen and oxygen atoms in total. The number of hydrogen-bond donors (Lipinski definition) is 0. The molecule has 0 aliphatic carbocycles. The Kier molecular flexibility index (Phi) is 21.2. The topological polar surface area (TPSA) is 36.9 Å². The predicted octanol–water partition coefficient (Wildman–Crippen LogP) is -0.802. The van der Waals surface area contributed by atoms with Gasteiger partial charge in [0.2, 0.25) is 0 Å². The molecule has 0 amide bonds. The van der Waals surface area contributed by atoms with Gasteiger partial charge in [-0.25, -0.2) is 0 Å². The molecule has 0 saturated heterocycles. The molecule has 0 aromatic heterocycles. The first-order valence-corrected chi connectivity index (χ1v) is 4.70. The Labute approximate surface area is 123 Å². The summed E-state index contributed by atoms with van der Waals surface area (Å²) >= 11 is -0.789. The van der Waals surface area contributed by atoms with Crippen LogP contribution >= 0.6 is 0 Å². The van der Waals surface area contributed by atoms with E-state index >= 15 is 0 Å². The SMILES string of the molecule is COCC[O][AlH][O]CCOC.[K]. The molecule has 0 fully saturated rings. The Morgan fingerprint density at radius 2 is 1.25 bits per heavy atom. The fraction of sp³-hybridized carbons (Fsp3) is 1.00. The molecule has 0 saturated carbocycles. The van der Waals surface area contributed by atoms with Crippen molar-refractivity contribution in [3.05, 3.63) is 0 Å². The van der Waals surface area contributed by atoms with Crippen molar-refractivity contribution in [2.45, 2.75) is 0 Å². The molecule has 1 radical (unpaired) electrons. The number of rotatable bonds is 8. The van der Waals surface area contributed by atoms with E-state index in [1.807, 2.05) is 0 Å². The van der Waals surface area contributed by atoms with Crippen molar-refractivity contribution in [2.75, 3.05) is 40.6 Å². The maximum Gasteiger partial charge on any atom is 0.649 e. The first-order valence-electron chi connectivity index (χ1n) is 3.55. The van der Waals surface area contributed by atoms with Gasteiger partial charge in [0, 0.05) is 78.8 Å². The Morgan fingerprint density at radius 1 is 0.833 bits per heavy atom. The first kappa shape index (κ1) is 16.4. The van der Waals surface area contributed by atoms with E-state index in [-0.39, 0.29) is 51.4 Å². The van der Waals surface area contributed by atoms with E-state index in [0.29, 0.717) is 26.4 Å². The summed E-state index contributed by atoms with van der Waals surface area (Å²) in [7, 11) is 3.30. The molecule has 0 aromatic rings. The summed E-state index contributed by atoms with van der Waals surface area (Å²) in [5.41, 5.74) is 0. The zero-order chi connectivity index (χ0) is 8.36. The van der Waals surface area contributed by atoms with Crippen molar-refractivity contribution in [3.63, 3.8) is 0 Å². The third-order valence-corrected chi connectivity index (χ3v) is 1.94. The fourth-order valence-electron chi connectivity index (χ4n) is 0.461. The van der Waals surface area contributed by atoms with E-state index in [1.165, 1.54) is 0 Å². The van der Waals surface area contributed by atoms with Gasteiger partial charge in [-0.1, -0.05) is 0 Å². The minimum absolute atomic E-state index is 0. The van der Waals surface area contributed by atoms with Crippen LogP contribution in [0.2, 0.25) is 0 Å². The standard InChI is InChI=1S/2C3H7O2.Al.K.H/c2*1-5-3-2-4;;;/h2*2-3H2,1H3;;;/q2*-1;+2;;.